The normalized spacial score (nSPS) is 11.2. The molecule has 0 unspecified atom stereocenters. The summed E-state index contributed by atoms with van der Waals surface area (Å²) < 4.78 is 26.2. The minimum atomic E-state index is -3.73. The third-order valence-corrected chi connectivity index (χ3v) is 5.68. The molecule has 1 N–H and O–H groups in total. The zero-order chi connectivity index (χ0) is 18.8. The van der Waals surface area contributed by atoms with Crippen LogP contribution in [0.15, 0.2) is 36.4 Å². The van der Waals surface area contributed by atoms with Crippen LogP contribution >= 0.6 is 45.8 Å². The molecule has 1 amide bonds. The van der Waals surface area contributed by atoms with Gasteiger partial charge in [-0.15, -0.1) is 0 Å². The van der Waals surface area contributed by atoms with Crippen molar-refractivity contribution < 1.29 is 13.2 Å². The second-order valence-electron chi connectivity index (χ2n) is 5.37. The summed E-state index contributed by atoms with van der Waals surface area (Å²) >= 11 is 14.2. The Morgan fingerprint density at radius 1 is 1.20 bits per heavy atom. The first-order chi connectivity index (χ1) is 11.6. The summed E-state index contributed by atoms with van der Waals surface area (Å²) in [5.74, 6) is -0.481. The Labute approximate surface area is 170 Å². The minimum Gasteiger partial charge on any atom is -0.324 e. The molecule has 134 valence electrons. The van der Waals surface area contributed by atoms with Crippen LogP contribution in [0.4, 0.5) is 11.4 Å². The highest BCUT2D eigenvalue weighted by molar-refractivity contribution is 14.1. The van der Waals surface area contributed by atoms with Gasteiger partial charge >= 0.3 is 0 Å². The van der Waals surface area contributed by atoms with Gasteiger partial charge in [0.2, 0.25) is 15.9 Å². The average Bonchev–Trinajstić information content (AvgIpc) is 2.49. The largest absolute Gasteiger partial charge is 0.324 e. The van der Waals surface area contributed by atoms with E-state index in [-0.39, 0.29) is 10.7 Å². The molecule has 0 saturated carbocycles. The van der Waals surface area contributed by atoms with Crippen molar-refractivity contribution in [2.24, 2.45) is 0 Å². The highest BCUT2D eigenvalue weighted by Gasteiger charge is 2.23. The number of halogens is 3. The van der Waals surface area contributed by atoms with Crippen molar-refractivity contribution in [1.82, 2.24) is 0 Å². The zero-order valence-corrected chi connectivity index (χ0v) is 17.9. The molecule has 0 heterocycles. The number of rotatable bonds is 5. The lowest BCUT2D eigenvalue weighted by atomic mass is 10.2. The van der Waals surface area contributed by atoms with Gasteiger partial charge in [0, 0.05) is 14.3 Å². The zero-order valence-electron chi connectivity index (χ0n) is 13.4. The van der Waals surface area contributed by atoms with E-state index in [1.54, 1.807) is 12.1 Å². The molecule has 0 aliphatic carbocycles. The molecule has 0 atom stereocenters. The van der Waals surface area contributed by atoms with Crippen LogP contribution in [0.5, 0.6) is 0 Å². The maximum Gasteiger partial charge on any atom is 0.245 e. The third kappa shape index (κ3) is 5.47. The van der Waals surface area contributed by atoms with Gasteiger partial charge in [-0.05, 0) is 71.5 Å². The molecule has 0 fully saturated rings. The number of sulfonamides is 1. The summed E-state index contributed by atoms with van der Waals surface area (Å²) in [6.07, 6.45) is 1.01. The van der Waals surface area contributed by atoms with E-state index < -0.39 is 22.5 Å². The second-order valence-corrected chi connectivity index (χ2v) is 9.37. The van der Waals surface area contributed by atoms with Crippen LogP contribution < -0.4 is 9.62 Å². The minimum absolute atomic E-state index is 0.158. The fraction of sp³-hybridized carbons (Fsp3) is 0.188. The van der Waals surface area contributed by atoms with Crippen LogP contribution in [0.25, 0.3) is 0 Å². The lowest BCUT2D eigenvalue weighted by Gasteiger charge is -2.23. The molecule has 0 spiro atoms. The predicted octanol–water partition coefficient (Wildman–Crippen LogP) is 4.31. The van der Waals surface area contributed by atoms with Crippen LogP contribution in [-0.2, 0) is 14.8 Å². The molecule has 0 aromatic heterocycles. The summed E-state index contributed by atoms with van der Waals surface area (Å²) in [5.41, 5.74) is 1.66. The number of carbonyl (C=O) groups is 1. The quantitative estimate of drug-likeness (QED) is 0.607. The molecule has 0 aliphatic rings. The average molecular weight is 513 g/mol. The molecule has 0 bridgehead atoms. The number of hydrogen-bond acceptors (Lipinski definition) is 3. The van der Waals surface area contributed by atoms with E-state index in [0.29, 0.717) is 10.7 Å². The lowest BCUT2D eigenvalue weighted by molar-refractivity contribution is -0.114. The van der Waals surface area contributed by atoms with Crippen LogP contribution in [0, 0.1) is 10.5 Å². The number of nitrogens with one attached hydrogen (secondary N) is 1. The molecule has 2 aromatic carbocycles. The van der Waals surface area contributed by atoms with Gasteiger partial charge in [0.1, 0.15) is 6.54 Å². The highest BCUT2D eigenvalue weighted by Crippen LogP contribution is 2.30. The van der Waals surface area contributed by atoms with Crippen molar-refractivity contribution in [3.05, 3.63) is 55.6 Å². The van der Waals surface area contributed by atoms with Gasteiger partial charge < -0.3 is 5.32 Å². The predicted molar refractivity (Wildman–Crippen MR) is 111 cm³/mol. The van der Waals surface area contributed by atoms with Crippen LogP contribution in [0.2, 0.25) is 10.0 Å². The molecule has 0 saturated heterocycles. The van der Waals surface area contributed by atoms with E-state index in [1.807, 2.05) is 19.1 Å². The van der Waals surface area contributed by atoms with E-state index >= 15 is 0 Å². The smallest absolute Gasteiger partial charge is 0.245 e. The molecular weight excluding hydrogens is 498 g/mol. The molecule has 0 radical (unpaired) electrons. The molecule has 2 rings (SSSR count). The Kier molecular flexibility index (Phi) is 6.58. The van der Waals surface area contributed by atoms with Crippen molar-refractivity contribution in [3.63, 3.8) is 0 Å². The maximum absolute atomic E-state index is 12.4. The molecule has 9 heteroatoms. The molecule has 0 aliphatic heterocycles. The molecular formula is C16H15Cl2IN2O3S. The molecule has 2 aromatic rings. The first-order valence-corrected chi connectivity index (χ1v) is 10.7. The fourth-order valence-corrected chi connectivity index (χ4v) is 4.09. The number of nitrogens with zero attached hydrogens (tertiary/aromatic N) is 1. The van der Waals surface area contributed by atoms with Crippen molar-refractivity contribution in [1.29, 1.82) is 0 Å². The molecule has 25 heavy (non-hydrogen) atoms. The number of anilines is 2. The molecule has 5 nitrogen and oxygen atoms in total. The Hall–Kier alpha value is -1.03. The standard InChI is InChI=1S/C16H15Cl2IN2O3S/c1-10-7-12(19)4-6-14(10)20-16(22)9-21(25(2,23)24)15-8-11(17)3-5-13(15)18/h3-8H,9H2,1-2H3,(H,20,22). The Morgan fingerprint density at radius 2 is 1.88 bits per heavy atom. The second kappa shape index (κ2) is 8.11. The fourth-order valence-electron chi connectivity index (χ4n) is 2.15. The van der Waals surface area contributed by atoms with Crippen molar-refractivity contribution >= 4 is 73.1 Å². The number of aryl methyl sites for hydroxylation is 1. The van der Waals surface area contributed by atoms with E-state index in [0.717, 1.165) is 19.7 Å². The van der Waals surface area contributed by atoms with Crippen molar-refractivity contribution in [2.75, 3.05) is 22.4 Å². The first-order valence-electron chi connectivity index (χ1n) is 7.06. The maximum atomic E-state index is 12.4. The monoisotopic (exact) mass is 512 g/mol. The van der Waals surface area contributed by atoms with Gasteiger partial charge in [0.15, 0.2) is 0 Å². The first kappa shape index (κ1) is 20.3. The van der Waals surface area contributed by atoms with Gasteiger partial charge in [0.25, 0.3) is 0 Å². The van der Waals surface area contributed by atoms with Gasteiger partial charge in [-0.3, -0.25) is 9.10 Å². The summed E-state index contributed by atoms with van der Waals surface area (Å²) in [5, 5.41) is 3.23. The third-order valence-electron chi connectivity index (χ3n) is 3.33. The van der Waals surface area contributed by atoms with Crippen molar-refractivity contribution in [3.8, 4) is 0 Å². The highest BCUT2D eigenvalue weighted by atomic mass is 127. The van der Waals surface area contributed by atoms with Gasteiger partial charge in [-0.2, -0.15) is 0 Å². The number of amides is 1. The topological polar surface area (TPSA) is 66.5 Å². The van der Waals surface area contributed by atoms with Gasteiger partial charge in [-0.25, -0.2) is 8.42 Å². The van der Waals surface area contributed by atoms with Gasteiger partial charge in [0.05, 0.1) is 17.0 Å². The van der Waals surface area contributed by atoms with Crippen LogP contribution in [0.3, 0.4) is 0 Å². The van der Waals surface area contributed by atoms with Gasteiger partial charge in [-0.1, -0.05) is 23.2 Å². The van der Waals surface area contributed by atoms with Crippen LogP contribution in [0.1, 0.15) is 5.56 Å². The number of benzene rings is 2. The van der Waals surface area contributed by atoms with Crippen LogP contribution in [-0.4, -0.2) is 27.1 Å². The van der Waals surface area contributed by atoms with E-state index in [1.165, 1.54) is 12.1 Å². The van der Waals surface area contributed by atoms with Crippen molar-refractivity contribution in [2.45, 2.75) is 6.92 Å². The van der Waals surface area contributed by atoms with E-state index in [9.17, 15) is 13.2 Å². The Morgan fingerprint density at radius 3 is 2.48 bits per heavy atom. The Bertz CT molecular complexity index is 920. The summed E-state index contributed by atoms with van der Waals surface area (Å²) in [7, 11) is -3.73. The summed E-state index contributed by atoms with van der Waals surface area (Å²) in [6, 6.07) is 9.98. The lowest BCUT2D eigenvalue weighted by Crippen LogP contribution is -2.37. The summed E-state index contributed by atoms with van der Waals surface area (Å²) in [4.78, 5) is 12.4. The SMILES string of the molecule is Cc1cc(I)ccc1NC(=O)CN(c1cc(Cl)ccc1Cl)S(C)(=O)=O. The number of hydrogen-bond donors (Lipinski definition) is 1. The van der Waals surface area contributed by atoms with E-state index in [4.69, 9.17) is 23.2 Å². The Balaban J connectivity index is 2.28. The summed E-state index contributed by atoms with van der Waals surface area (Å²) in [6.45, 7) is 1.45. The van der Waals surface area contributed by atoms with E-state index in [2.05, 4.69) is 27.9 Å². The number of carbonyl (C=O) groups excluding carboxylic acids is 1.